The Bertz CT molecular complexity index is 1120. The second kappa shape index (κ2) is 8.99. The van der Waals surface area contributed by atoms with Crippen LogP contribution < -0.4 is 4.74 Å². The average Bonchev–Trinajstić information content (AvgIpc) is 3.08. The van der Waals surface area contributed by atoms with Crippen molar-refractivity contribution in [2.24, 2.45) is 0 Å². The summed E-state index contributed by atoms with van der Waals surface area (Å²) < 4.78 is 10.2. The normalized spacial score (nSPS) is 11.3. The first-order chi connectivity index (χ1) is 13.9. The predicted molar refractivity (Wildman–Crippen MR) is 113 cm³/mol. The summed E-state index contributed by atoms with van der Waals surface area (Å²) in [6.45, 7) is 3.64. The average molecular weight is 430 g/mol. The number of carbonyl (C=O) groups is 1. The van der Waals surface area contributed by atoms with Crippen molar-refractivity contribution in [1.82, 2.24) is 9.97 Å². The molecule has 0 fully saturated rings. The number of esters is 1. The van der Waals surface area contributed by atoms with Crippen LogP contribution in [0.1, 0.15) is 23.9 Å². The Balaban J connectivity index is 1.89. The lowest BCUT2D eigenvalue weighted by Crippen LogP contribution is -2.14. The minimum Gasteiger partial charge on any atom is -0.479 e. The molecule has 0 radical (unpaired) electrons. The van der Waals surface area contributed by atoms with Gasteiger partial charge in [0.1, 0.15) is 11.9 Å². The molecule has 1 heterocycles. The van der Waals surface area contributed by atoms with Gasteiger partial charge in [-0.3, -0.25) is 0 Å². The second-order valence-corrected chi connectivity index (χ2v) is 7.00. The first kappa shape index (κ1) is 20.7. The lowest BCUT2D eigenvalue weighted by atomic mass is 10.1. The van der Waals surface area contributed by atoms with Crippen LogP contribution in [-0.2, 0) is 9.53 Å². The Morgan fingerprint density at radius 3 is 2.66 bits per heavy atom. The van der Waals surface area contributed by atoms with E-state index in [1.165, 1.54) is 0 Å². The van der Waals surface area contributed by atoms with Gasteiger partial charge in [0.15, 0.2) is 12.4 Å². The maximum absolute atomic E-state index is 11.5. The van der Waals surface area contributed by atoms with E-state index in [2.05, 4.69) is 16.0 Å². The molecule has 0 bridgehead atoms. The number of H-pyrrole nitrogens is 1. The number of aryl methyl sites for hydroxylation is 1. The smallest absolute Gasteiger partial charge is 0.344 e. The van der Waals surface area contributed by atoms with Crippen molar-refractivity contribution in [3.63, 3.8) is 0 Å². The van der Waals surface area contributed by atoms with Crippen LogP contribution >= 0.6 is 23.2 Å². The first-order valence-electron chi connectivity index (χ1n) is 8.77. The van der Waals surface area contributed by atoms with Gasteiger partial charge in [-0.25, -0.2) is 9.78 Å². The summed E-state index contributed by atoms with van der Waals surface area (Å²) in [6, 6.07) is 11.1. The number of ether oxygens (including phenoxy) is 2. The number of carbonyl (C=O) groups excluding carboxylic acids is 1. The van der Waals surface area contributed by atoms with Crippen molar-refractivity contribution < 1.29 is 14.3 Å². The van der Waals surface area contributed by atoms with Crippen LogP contribution in [0, 0.1) is 18.3 Å². The molecule has 0 aliphatic heterocycles. The van der Waals surface area contributed by atoms with Crippen LogP contribution in [0.25, 0.3) is 22.7 Å². The van der Waals surface area contributed by atoms with Crippen molar-refractivity contribution in [2.45, 2.75) is 13.8 Å². The Hall–Kier alpha value is -3.01. The fourth-order valence-electron chi connectivity index (χ4n) is 2.71. The molecule has 6 nitrogen and oxygen atoms in total. The third kappa shape index (κ3) is 4.89. The lowest BCUT2D eigenvalue weighted by molar-refractivity contribution is -0.145. The van der Waals surface area contributed by atoms with E-state index in [4.69, 9.17) is 32.7 Å². The SMILES string of the molecule is CCOC(=O)COc1c(Cl)cc(/C=C(/C#N)c2nc3ccc(C)cc3[nH]2)cc1Cl. The van der Waals surface area contributed by atoms with Crippen LogP contribution in [0.15, 0.2) is 30.3 Å². The van der Waals surface area contributed by atoms with Gasteiger partial charge in [0.25, 0.3) is 0 Å². The molecule has 2 aromatic carbocycles. The highest BCUT2D eigenvalue weighted by Gasteiger charge is 2.13. The monoisotopic (exact) mass is 429 g/mol. The zero-order valence-electron chi connectivity index (χ0n) is 15.8. The molecule has 29 heavy (non-hydrogen) atoms. The van der Waals surface area contributed by atoms with E-state index in [1.807, 2.05) is 25.1 Å². The fraction of sp³-hybridized carbons (Fsp3) is 0.190. The molecule has 3 aromatic rings. The standard InChI is InChI=1S/C21H17Cl2N3O3/c1-3-28-19(27)11-29-20-15(22)8-13(9-16(20)23)7-14(10-24)21-25-17-5-4-12(2)6-18(17)26-21/h4-9H,3,11H2,1-2H3,(H,25,26)/b14-7-. The molecule has 1 aromatic heterocycles. The van der Waals surface area contributed by atoms with E-state index in [0.29, 0.717) is 17.0 Å². The molecule has 0 spiro atoms. The quantitative estimate of drug-likeness (QED) is 0.430. The molecule has 0 aliphatic carbocycles. The maximum atomic E-state index is 11.5. The van der Waals surface area contributed by atoms with Crippen LogP contribution in [0.2, 0.25) is 10.0 Å². The van der Waals surface area contributed by atoms with Gasteiger partial charge in [0.2, 0.25) is 0 Å². The highest BCUT2D eigenvalue weighted by molar-refractivity contribution is 6.37. The maximum Gasteiger partial charge on any atom is 0.344 e. The minimum absolute atomic E-state index is 0.177. The number of allylic oxidation sites excluding steroid dienone is 1. The molecule has 0 unspecified atom stereocenters. The topological polar surface area (TPSA) is 88.0 Å². The Labute approximate surface area is 177 Å². The highest BCUT2D eigenvalue weighted by atomic mass is 35.5. The number of imidazole rings is 1. The molecule has 3 rings (SSSR count). The Morgan fingerprint density at radius 1 is 1.28 bits per heavy atom. The zero-order chi connectivity index (χ0) is 21.0. The van der Waals surface area contributed by atoms with Crippen LogP contribution in [0.3, 0.4) is 0 Å². The summed E-state index contributed by atoms with van der Waals surface area (Å²) in [5.41, 5.74) is 3.63. The van der Waals surface area contributed by atoms with Gasteiger partial charge < -0.3 is 14.5 Å². The third-order valence-electron chi connectivity index (χ3n) is 3.98. The highest BCUT2D eigenvalue weighted by Crippen LogP contribution is 2.35. The van der Waals surface area contributed by atoms with Crippen molar-refractivity contribution in [1.29, 1.82) is 5.26 Å². The van der Waals surface area contributed by atoms with Gasteiger partial charge in [0, 0.05) is 0 Å². The van der Waals surface area contributed by atoms with E-state index in [0.717, 1.165) is 16.6 Å². The molecule has 0 saturated carbocycles. The summed E-state index contributed by atoms with van der Waals surface area (Å²) in [7, 11) is 0. The number of halogens is 2. The van der Waals surface area contributed by atoms with Gasteiger partial charge in [-0.2, -0.15) is 5.26 Å². The van der Waals surface area contributed by atoms with E-state index >= 15 is 0 Å². The summed E-state index contributed by atoms with van der Waals surface area (Å²) in [5, 5.41) is 10.0. The molecule has 0 amide bonds. The molecule has 0 aliphatic rings. The largest absolute Gasteiger partial charge is 0.479 e. The number of fused-ring (bicyclic) bond motifs is 1. The van der Waals surface area contributed by atoms with Gasteiger partial charge in [-0.05, 0) is 55.3 Å². The van der Waals surface area contributed by atoms with Gasteiger partial charge >= 0.3 is 5.97 Å². The zero-order valence-corrected chi connectivity index (χ0v) is 17.3. The summed E-state index contributed by atoms with van der Waals surface area (Å²) in [4.78, 5) is 19.1. The number of hydrogen-bond acceptors (Lipinski definition) is 5. The summed E-state index contributed by atoms with van der Waals surface area (Å²) in [5.74, 6) is 0.106. The number of hydrogen-bond donors (Lipinski definition) is 1. The number of nitrogens with one attached hydrogen (secondary N) is 1. The van der Waals surface area contributed by atoms with Crippen molar-refractivity contribution in [3.8, 4) is 11.8 Å². The number of nitriles is 1. The Kier molecular flexibility index (Phi) is 6.42. The van der Waals surface area contributed by atoms with E-state index in [1.54, 1.807) is 25.1 Å². The van der Waals surface area contributed by atoms with Crippen molar-refractivity contribution in [3.05, 3.63) is 57.3 Å². The molecule has 0 saturated heterocycles. The number of aromatic amines is 1. The van der Waals surface area contributed by atoms with Crippen LogP contribution in [-0.4, -0.2) is 29.2 Å². The van der Waals surface area contributed by atoms with Gasteiger partial charge in [-0.15, -0.1) is 0 Å². The summed E-state index contributed by atoms with van der Waals surface area (Å²) >= 11 is 12.5. The first-order valence-corrected chi connectivity index (χ1v) is 9.53. The van der Waals surface area contributed by atoms with E-state index in [-0.39, 0.29) is 29.0 Å². The molecule has 0 atom stereocenters. The van der Waals surface area contributed by atoms with E-state index in [9.17, 15) is 10.1 Å². The molecule has 1 N–H and O–H groups in total. The molecule has 148 valence electrons. The summed E-state index contributed by atoms with van der Waals surface area (Å²) in [6.07, 6.45) is 1.62. The van der Waals surface area contributed by atoms with Crippen molar-refractivity contribution >= 4 is 51.9 Å². The molecular weight excluding hydrogens is 413 g/mol. The minimum atomic E-state index is -0.518. The van der Waals surface area contributed by atoms with Crippen LogP contribution in [0.4, 0.5) is 0 Å². The lowest BCUT2D eigenvalue weighted by Gasteiger charge is -2.10. The van der Waals surface area contributed by atoms with Gasteiger partial charge in [-0.1, -0.05) is 29.3 Å². The van der Waals surface area contributed by atoms with E-state index < -0.39 is 5.97 Å². The molecular formula is C21H17Cl2N3O3. The van der Waals surface area contributed by atoms with Gasteiger partial charge in [0.05, 0.1) is 33.3 Å². The number of aromatic nitrogens is 2. The van der Waals surface area contributed by atoms with Crippen molar-refractivity contribution in [2.75, 3.05) is 13.2 Å². The second-order valence-electron chi connectivity index (χ2n) is 6.18. The predicted octanol–water partition coefficient (Wildman–Crippen LogP) is 5.18. The number of benzene rings is 2. The molecule has 8 heteroatoms. The Morgan fingerprint density at radius 2 is 2.00 bits per heavy atom. The number of rotatable bonds is 6. The number of nitrogens with zero attached hydrogens (tertiary/aromatic N) is 2. The third-order valence-corrected chi connectivity index (χ3v) is 4.55. The van der Waals surface area contributed by atoms with Crippen LogP contribution in [0.5, 0.6) is 5.75 Å². The fourth-order valence-corrected chi connectivity index (χ4v) is 3.32.